The maximum Gasteiger partial charge on any atom is 0.237 e. The van der Waals surface area contributed by atoms with E-state index in [9.17, 15) is 4.79 Å². The number of rotatable bonds is 4. The van der Waals surface area contributed by atoms with Gasteiger partial charge >= 0.3 is 0 Å². The smallest absolute Gasteiger partial charge is 0.237 e. The van der Waals surface area contributed by atoms with Gasteiger partial charge in [0.05, 0.1) is 6.04 Å². The number of piperidine rings is 1. The van der Waals surface area contributed by atoms with Crippen LogP contribution in [0.15, 0.2) is 0 Å². The van der Waals surface area contributed by atoms with Gasteiger partial charge < -0.3 is 10.6 Å². The van der Waals surface area contributed by atoms with Gasteiger partial charge in [0.15, 0.2) is 0 Å². The molecule has 92 valence electrons. The largest absolute Gasteiger partial charge is 0.352 e. The third kappa shape index (κ3) is 2.95. The first kappa shape index (κ1) is 11.9. The number of hydrogen-bond donors (Lipinski definition) is 2. The zero-order chi connectivity index (χ0) is 11.5. The molecule has 0 aromatic carbocycles. The summed E-state index contributed by atoms with van der Waals surface area (Å²) >= 11 is 0. The molecule has 1 saturated carbocycles. The highest BCUT2D eigenvalue weighted by atomic mass is 16.2. The monoisotopic (exact) mass is 225 g/mol. The van der Waals surface area contributed by atoms with Crippen LogP contribution in [0.1, 0.15) is 32.6 Å². The number of hydrogen-bond acceptors (Lipinski definition) is 3. The third-order valence-electron chi connectivity index (χ3n) is 3.79. The second-order valence-electron chi connectivity index (χ2n) is 5.06. The average Bonchev–Trinajstić information content (AvgIpc) is 3.12. The molecule has 1 unspecified atom stereocenters. The first-order chi connectivity index (χ1) is 7.70. The second kappa shape index (κ2) is 5.15. The van der Waals surface area contributed by atoms with Crippen LogP contribution in [0.3, 0.4) is 0 Å². The molecule has 1 amide bonds. The predicted octanol–water partition coefficient (Wildman–Crippen LogP) is 0.337. The molecule has 0 aromatic heterocycles. The van der Waals surface area contributed by atoms with Crippen LogP contribution in [0.4, 0.5) is 0 Å². The molecule has 1 aliphatic carbocycles. The lowest BCUT2D eigenvalue weighted by Gasteiger charge is -2.35. The van der Waals surface area contributed by atoms with E-state index in [1.54, 1.807) is 0 Å². The Bertz CT molecular complexity index is 245. The van der Waals surface area contributed by atoms with Crippen molar-refractivity contribution in [1.29, 1.82) is 0 Å². The molecule has 2 aliphatic rings. The summed E-state index contributed by atoms with van der Waals surface area (Å²) < 4.78 is 0. The fraction of sp³-hybridized carbons (Fsp3) is 0.917. The Morgan fingerprint density at radius 2 is 1.81 bits per heavy atom. The van der Waals surface area contributed by atoms with Gasteiger partial charge in [-0.3, -0.25) is 9.69 Å². The Hall–Kier alpha value is -0.610. The molecule has 2 fully saturated rings. The van der Waals surface area contributed by atoms with Gasteiger partial charge in [-0.1, -0.05) is 0 Å². The molecule has 4 nitrogen and oxygen atoms in total. The van der Waals surface area contributed by atoms with Crippen molar-refractivity contribution in [3.8, 4) is 0 Å². The fourth-order valence-electron chi connectivity index (χ4n) is 2.29. The van der Waals surface area contributed by atoms with Crippen LogP contribution >= 0.6 is 0 Å². The minimum absolute atomic E-state index is 0.0402. The highest BCUT2D eigenvalue weighted by Crippen LogP contribution is 2.19. The topological polar surface area (TPSA) is 44.4 Å². The van der Waals surface area contributed by atoms with Crippen molar-refractivity contribution in [3.63, 3.8) is 0 Å². The standard InChI is InChI=1S/C12H23N3O/c1-9(12(16)14-11-3-4-11)15-7-5-10(13-2)6-8-15/h9-11,13H,3-8H2,1-2H3,(H,14,16). The van der Waals surface area contributed by atoms with Crippen molar-refractivity contribution in [2.24, 2.45) is 0 Å². The van der Waals surface area contributed by atoms with E-state index in [0.717, 1.165) is 25.9 Å². The molecule has 1 aliphatic heterocycles. The molecule has 1 heterocycles. The van der Waals surface area contributed by atoms with Crippen LogP contribution in [0.5, 0.6) is 0 Å². The van der Waals surface area contributed by atoms with Gasteiger partial charge in [0, 0.05) is 25.2 Å². The van der Waals surface area contributed by atoms with Crippen molar-refractivity contribution in [1.82, 2.24) is 15.5 Å². The SMILES string of the molecule is CNC1CCN(C(C)C(=O)NC2CC2)CC1. The lowest BCUT2D eigenvalue weighted by molar-refractivity contribution is -0.126. The van der Waals surface area contributed by atoms with Crippen LogP contribution in [0.25, 0.3) is 0 Å². The summed E-state index contributed by atoms with van der Waals surface area (Å²) in [5, 5.41) is 6.39. The molecule has 16 heavy (non-hydrogen) atoms. The van der Waals surface area contributed by atoms with E-state index in [0.29, 0.717) is 12.1 Å². The minimum Gasteiger partial charge on any atom is -0.352 e. The van der Waals surface area contributed by atoms with E-state index in [1.165, 1.54) is 12.8 Å². The quantitative estimate of drug-likeness (QED) is 0.725. The fourth-order valence-corrected chi connectivity index (χ4v) is 2.29. The van der Waals surface area contributed by atoms with Crippen molar-refractivity contribution in [3.05, 3.63) is 0 Å². The zero-order valence-corrected chi connectivity index (χ0v) is 10.3. The Labute approximate surface area is 97.8 Å². The summed E-state index contributed by atoms with van der Waals surface area (Å²) in [4.78, 5) is 14.2. The Kier molecular flexibility index (Phi) is 3.82. The molecule has 0 bridgehead atoms. The van der Waals surface area contributed by atoms with Gasteiger partial charge in [-0.2, -0.15) is 0 Å². The first-order valence-electron chi connectivity index (χ1n) is 6.42. The molecule has 0 aromatic rings. The third-order valence-corrected chi connectivity index (χ3v) is 3.79. The lowest BCUT2D eigenvalue weighted by Crippen LogP contribution is -2.50. The van der Waals surface area contributed by atoms with E-state index in [-0.39, 0.29) is 11.9 Å². The molecule has 1 atom stereocenters. The number of amides is 1. The highest BCUT2D eigenvalue weighted by Gasteiger charge is 2.29. The number of carbonyl (C=O) groups is 1. The lowest BCUT2D eigenvalue weighted by atomic mass is 10.0. The molecule has 0 spiro atoms. The van der Waals surface area contributed by atoms with Crippen molar-refractivity contribution >= 4 is 5.91 Å². The predicted molar refractivity (Wildman–Crippen MR) is 64.3 cm³/mol. The van der Waals surface area contributed by atoms with Gasteiger partial charge in [-0.05, 0) is 39.7 Å². The van der Waals surface area contributed by atoms with Crippen LogP contribution < -0.4 is 10.6 Å². The van der Waals surface area contributed by atoms with Gasteiger partial charge in [-0.15, -0.1) is 0 Å². The molecule has 4 heteroatoms. The summed E-state index contributed by atoms with van der Waals surface area (Å²) in [5.41, 5.74) is 0. The highest BCUT2D eigenvalue weighted by molar-refractivity contribution is 5.81. The first-order valence-corrected chi connectivity index (χ1v) is 6.42. The van der Waals surface area contributed by atoms with E-state index in [1.807, 2.05) is 14.0 Å². The zero-order valence-electron chi connectivity index (χ0n) is 10.3. The van der Waals surface area contributed by atoms with E-state index in [4.69, 9.17) is 0 Å². The Balaban J connectivity index is 1.76. The van der Waals surface area contributed by atoms with E-state index < -0.39 is 0 Å². The van der Waals surface area contributed by atoms with Gasteiger partial charge in [0.25, 0.3) is 0 Å². The van der Waals surface area contributed by atoms with Crippen molar-refractivity contribution < 1.29 is 4.79 Å². The van der Waals surface area contributed by atoms with Crippen LogP contribution in [0, 0.1) is 0 Å². The van der Waals surface area contributed by atoms with Crippen molar-refractivity contribution in [2.75, 3.05) is 20.1 Å². The molecule has 2 rings (SSSR count). The molecule has 0 radical (unpaired) electrons. The summed E-state index contributed by atoms with van der Waals surface area (Å²) in [5.74, 6) is 0.213. The molecular formula is C12H23N3O. The second-order valence-corrected chi connectivity index (χ2v) is 5.06. The average molecular weight is 225 g/mol. The number of nitrogens with zero attached hydrogens (tertiary/aromatic N) is 1. The van der Waals surface area contributed by atoms with Crippen LogP contribution in [-0.2, 0) is 4.79 Å². The molecular weight excluding hydrogens is 202 g/mol. The summed E-state index contributed by atoms with van der Waals surface area (Å²) in [7, 11) is 2.02. The maximum atomic E-state index is 11.9. The van der Waals surface area contributed by atoms with E-state index in [2.05, 4.69) is 15.5 Å². The van der Waals surface area contributed by atoms with Gasteiger partial charge in [-0.25, -0.2) is 0 Å². The van der Waals surface area contributed by atoms with Crippen molar-refractivity contribution in [2.45, 2.75) is 50.7 Å². The van der Waals surface area contributed by atoms with Gasteiger partial charge in [0.1, 0.15) is 0 Å². The number of carbonyl (C=O) groups excluding carboxylic acids is 1. The number of nitrogens with one attached hydrogen (secondary N) is 2. The molecule has 1 saturated heterocycles. The summed E-state index contributed by atoms with van der Waals surface area (Å²) in [6, 6.07) is 1.15. The maximum absolute atomic E-state index is 11.9. The van der Waals surface area contributed by atoms with Gasteiger partial charge in [0.2, 0.25) is 5.91 Å². The van der Waals surface area contributed by atoms with Crippen LogP contribution in [0.2, 0.25) is 0 Å². The van der Waals surface area contributed by atoms with Crippen LogP contribution in [-0.4, -0.2) is 49.1 Å². The van der Waals surface area contributed by atoms with E-state index >= 15 is 0 Å². The Morgan fingerprint density at radius 1 is 1.19 bits per heavy atom. The number of likely N-dealkylation sites (tertiary alicyclic amines) is 1. The normalized spacial score (nSPS) is 25.4. The Morgan fingerprint density at radius 3 is 2.31 bits per heavy atom. The minimum atomic E-state index is 0.0402. The summed E-state index contributed by atoms with van der Waals surface area (Å²) in [6.07, 6.45) is 4.63. The summed E-state index contributed by atoms with van der Waals surface area (Å²) in [6.45, 7) is 4.09. The molecule has 2 N–H and O–H groups in total.